The van der Waals surface area contributed by atoms with Gasteiger partial charge in [0, 0.05) is 11.6 Å². The molecular weight excluding hydrogens is 256 g/mol. The van der Waals surface area contributed by atoms with Crippen molar-refractivity contribution in [1.82, 2.24) is 4.98 Å². The van der Waals surface area contributed by atoms with Crippen molar-refractivity contribution < 1.29 is 23.0 Å². The first-order valence-electron chi connectivity index (χ1n) is 4.71. The van der Waals surface area contributed by atoms with Crippen LogP contribution in [0.3, 0.4) is 0 Å². The molecule has 1 aromatic rings. The molecule has 0 atom stereocenters. The summed E-state index contributed by atoms with van der Waals surface area (Å²) in [5.74, 6) is -1.01. The lowest BCUT2D eigenvalue weighted by atomic mass is 10.1. The summed E-state index contributed by atoms with van der Waals surface area (Å²) >= 11 is 5.66. The van der Waals surface area contributed by atoms with Crippen molar-refractivity contribution in [3.63, 3.8) is 0 Å². The molecule has 0 fully saturated rings. The number of carbonyl (C=O) groups excluding carboxylic acids is 1. The van der Waals surface area contributed by atoms with Gasteiger partial charge in [0.1, 0.15) is 10.7 Å². The Bertz CT molecular complexity index is 426. The third kappa shape index (κ3) is 3.03. The number of pyridine rings is 1. The van der Waals surface area contributed by atoms with Gasteiger partial charge in [0.25, 0.3) is 6.43 Å². The third-order valence-corrected chi connectivity index (χ3v) is 2.18. The van der Waals surface area contributed by atoms with E-state index in [-0.39, 0.29) is 17.6 Å². The molecule has 4 nitrogen and oxygen atoms in total. The molecule has 0 saturated heterocycles. The van der Waals surface area contributed by atoms with E-state index >= 15 is 0 Å². The Kier molecular flexibility index (Phi) is 4.62. The average Bonchev–Trinajstić information content (AvgIpc) is 2.27. The molecule has 0 N–H and O–H groups in total. The number of methoxy groups -OCH3 is 1. The molecule has 0 amide bonds. The fourth-order valence-corrected chi connectivity index (χ4v) is 1.46. The van der Waals surface area contributed by atoms with E-state index in [4.69, 9.17) is 16.3 Å². The van der Waals surface area contributed by atoms with Gasteiger partial charge in [-0.15, -0.1) is 0 Å². The number of halogens is 3. The maximum atomic E-state index is 12.8. The van der Waals surface area contributed by atoms with Crippen molar-refractivity contribution >= 4 is 17.6 Å². The number of hydrogen-bond acceptors (Lipinski definition) is 4. The molecule has 17 heavy (non-hydrogen) atoms. The van der Waals surface area contributed by atoms with Crippen LogP contribution in [0.4, 0.5) is 8.78 Å². The molecule has 0 saturated carbocycles. The number of ether oxygens (including phenoxy) is 2. The van der Waals surface area contributed by atoms with Gasteiger partial charge in [0.05, 0.1) is 13.7 Å². The fourth-order valence-electron chi connectivity index (χ4n) is 1.19. The monoisotopic (exact) mass is 265 g/mol. The summed E-state index contributed by atoms with van der Waals surface area (Å²) in [6, 6.07) is 0.961. The predicted molar refractivity (Wildman–Crippen MR) is 56.7 cm³/mol. The van der Waals surface area contributed by atoms with Crippen molar-refractivity contribution in [3.05, 3.63) is 22.3 Å². The Morgan fingerprint density at radius 2 is 2.24 bits per heavy atom. The van der Waals surface area contributed by atoms with Crippen LogP contribution in [0, 0.1) is 0 Å². The number of esters is 1. The van der Waals surface area contributed by atoms with Crippen LogP contribution in [-0.2, 0) is 4.74 Å². The van der Waals surface area contributed by atoms with E-state index < -0.39 is 23.5 Å². The molecule has 7 heteroatoms. The molecule has 0 unspecified atom stereocenters. The molecule has 0 aliphatic heterocycles. The number of aromatic nitrogens is 1. The lowest BCUT2D eigenvalue weighted by Crippen LogP contribution is -2.11. The summed E-state index contributed by atoms with van der Waals surface area (Å²) in [5, 5.41) is -0.363. The van der Waals surface area contributed by atoms with E-state index in [1.807, 2.05) is 0 Å². The van der Waals surface area contributed by atoms with Crippen molar-refractivity contribution in [2.45, 2.75) is 13.3 Å². The highest BCUT2D eigenvalue weighted by molar-refractivity contribution is 6.32. The highest BCUT2D eigenvalue weighted by atomic mass is 35.5. The number of hydrogen-bond donors (Lipinski definition) is 0. The largest absolute Gasteiger partial charge is 0.481 e. The first kappa shape index (κ1) is 13.6. The Balaban J connectivity index is 3.31. The van der Waals surface area contributed by atoms with Crippen LogP contribution in [0.15, 0.2) is 6.07 Å². The topological polar surface area (TPSA) is 48.4 Å². The molecule has 0 aliphatic rings. The molecule has 0 aromatic carbocycles. The fraction of sp³-hybridized carbons (Fsp3) is 0.400. The van der Waals surface area contributed by atoms with E-state index in [2.05, 4.69) is 9.72 Å². The zero-order valence-electron chi connectivity index (χ0n) is 9.17. The van der Waals surface area contributed by atoms with Crippen LogP contribution in [0.1, 0.15) is 29.3 Å². The van der Waals surface area contributed by atoms with Gasteiger partial charge in [0.2, 0.25) is 5.88 Å². The average molecular weight is 266 g/mol. The second kappa shape index (κ2) is 5.77. The van der Waals surface area contributed by atoms with Crippen molar-refractivity contribution in [2.75, 3.05) is 13.7 Å². The van der Waals surface area contributed by atoms with E-state index in [9.17, 15) is 13.6 Å². The van der Waals surface area contributed by atoms with E-state index in [1.54, 1.807) is 6.92 Å². The Labute approximate surface area is 101 Å². The quantitative estimate of drug-likeness (QED) is 0.620. The third-order valence-electron chi connectivity index (χ3n) is 1.91. The lowest BCUT2D eigenvalue weighted by molar-refractivity contribution is 0.0515. The minimum Gasteiger partial charge on any atom is -0.481 e. The minimum atomic E-state index is -2.87. The second-order valence-electron chi connectivity index (χ2n) is 2.94. The normalized spacial score (nSPS) is 10.5. The number of rotatable bonds is 4. The zero-order valence-corrected chi connectivity index (χ0v) is 9.92. The first-order valence-corrected chi connectivity index (χ1v) is 5.08. The Hall–Kier alpha value is -1.43. The Morgan fingerprint density at radius 1 is 1.59 bits per heavy atom. The first-order chi connectivity index (χ1) is 8.01. The number of alkyl halides is 2. The van der Waals surface area contributed by atoms with Crippen LogP contribution < -0.4 is 4.74 Å². The van der Waals surface area contributed by atoms with Crippen LogP contribution in [0.2, 0.25) is 5.15 Å². The van der Waals surface area contributed by atoms with Crippen LogP contribution in [-0.4, -0.2) is 24.7 Å². The van der Waals surface area contributed by atoms with E-state index in [1.165, 1.54) is 7.11 Å². The van der Waals surface area contributed by atoms with Crippen LogP contribution >= 0.6 is 11.6 Å². The molecule has 0 spiro atoms. The lowest BCUT2D eigenvalue weighted by Gasteiger charge is -2.11. The van der Waals surface area contributed by atoms with Crippen LogP contribution in [0.25, 0.3) is 0 Å². The zero-order chi connectivity index (χ0) is 13.0. The van der Waals surface area contributed by atoms with Crippen molar-refractivity contribution in [1.29, 1.82) is 0 Å². The predicted octanol–water partition coefficient (Wildman–Crippen LogP) is 2.86. The van der Waals surface area contributed by atoms with E-state index in [0.717, 1.165) is 6.07 Å². The molecule has 94 valence electrons. The van der Waals surface area contributed by atoms with Gasteiger partial charge in [-0.25, -0.2) is 18.6 Å². The van der Waals surface area contributed by atoms with Gasteiger partial charge >= 0.3 is 5.97 Å². The second-order valence-corrected chi connectivity index (χ2v) is 3.30. The summed E-state index contributed by atoms with van der Waals surface area (Å²) in [7, 11) is 1.26. The number of carbonyl (C=O) groups is 1. The maximum absolute atomic E-state index is 12.8. The smallest absolute Gasteiger partial charge is 0.341 e. The molecular formula is C10H10ClF2NO3. The van der Waals surface area contributed by atoms with Crippen molar-refractivity contribution in [2.24, 2.45) is 0 Å². The van der Waals surface area contributed by atoms with Gasteiger partial charge < -0.3 is 9.47 Å². The van der Waals surface area contributed by atoms with Gasteiger partial charge in [-0.1, -0.05) is 11.6 Å². The summed E-state index contributed by atoms with van der Waals surface area (Å²) in [6.07, 6.45) is -2.87. The minimum absolute atomic E-state index is 0.0594. The molecule has 1 rings (SSSR count). The molecule has 1 aromatic heterocycles. The van der Waals surface area contributed by atoms with E-state index in [0.29, 0.717) is 0 Å². The molecule has 0 aliphatic carbocycles. The Morgan fingerprint density at radius 3 is 2.71 bits per heavy atom. The summed E-state index contributed by atoms with van der Waals surface area (Å²) in [4.78, 5) is 15.1. The number of nitrogens with zero attached hydrogens (tertiary/aromatic N) is 1. The summed E-state index contributed by atoms with van der Waals surface area (Å²) in [6.45, 7) is 1.62. The van der Waals surface area contributed by atoms with Gasteiger partial charge in [-0.05, 0) is 6.92 Å². The standard InChI is InChI=1S/C10H10ClF2NO3/c1-3-17-10(15)7-5(9(12)13)4-6(16-2)14-8(7)11/h4,9H,3H2,1-2H3. The molecule has 0 bridgehead atoms. The van der Waals surface area contributed by atoms with Crippen LogP contribution in [0.5, 0.6) is 5.88 Å². The SMILES string of the molecule is CCOC(=O)c1c(C(F)F)cc(OC)nc1Cl. The highest BCUT2D eigenvalue weighted by Crippen LogP contribution is 2.30. The van der Waals surface area contributed by atoms with Gasteiger partial charge in [0.15, 0.2) is 0 Å². The van der Waals surface area contributed by atoms with Gasteiger partial charge in [-0.2, -0.15) is 0 Å². The summed E-state index contributed by atoms with van der Waals surface area (Å²) < 4.78 is 34.9. The molecule has 0 radical (unpaired) electrons. The van der Waals surface area contributed by atoms with Gasteiger partial charge in [-0.3, -0.25) is 0 Å². The highest BCUT2D eigenvalue weighted by Gasteiger charge is 2.25. The summed E-state index contributed by atoms with van der Waals surface area (Å²) in [5.41, 5.74) is -0.982. The maximum Gasteiger partial charge on any atom is 0.341 e. The molecule has 1 heterocycles. The van der Waals surface area contributed by atoms with Crippen molar-refractivity contribution in [3.8, 4) is 5.88 Å².